The molecule has 1 aromatic rings. The number of hydrogen-bond acceptors (Lipinski definition) is 5. The monoisotopic (exact) mass is 378 g/mol. The molecule has 1 aromatic carbocycles. The molecular weight excluding hydrogens is 363 g/mol. The summed E-state index contributed by atoms with van der Waals surface area (Å²) in [5, 5.41) is 0. The minimum absolute atomic E-state index is 0.0677. The molecule has 0 amide bonds. The van der Waals surface area contributed by atoms with E-state index in [1.807, 2.05) is 13.8 Å². The van der Waals surface area contributed by atoms with Gasteiger partial charge in [0.15, 0.2) is 5.79 Å². The summed E-state index contributed by atoms with van der Waals surface area (Å²) in [6.45, 7) is 4.70. The molecule has 1 unspecified atom stereocenters. The number of rotatable bonds is 4. The lowest BCUT2D eigenvalue weighted by Crippen LogP contribution is -2.25. The number of halogens is 1. The molecule has 1 atom stereocenters. The minimum Gasteiger partial charge on any atom is -0.491 e. The first kappa shape index (κ1) is 14.5. The van der Waals surface area contributed by atoms with Gasteiger partial charge in [0.1, 0.15) is 24.2 Å². The molecular formula is C13H15IO5. The number of carbonyl (C=O) groups is 1. The second kappa shape index (κ2) is 6.06. The fourth-order valence-electron chi connectivity index (χ4n) is 1.73. The molecule has 0 aliphatic carbocycles. The molecule has 0 radical (unpaired) electrons. The van der Waals surface area contributed by atoms with E-state index < -0.39 is 5.79 Å². The van der Waals surface area contributed by atoms with Gasteiger partial charge in [-0.1, -0.05) is 0 Å². The molecule has 1 heterocycles. The van der Waals surface area contributed by atoms with Crippen LogP contribution in [0.5, 0.6) is 11.5 Å². The van der Waals surface area contributed by atoms with E-state index in [-0.39, 0.29) is 10.1 Å². The zero-order chi connectivity index (χ0) is 13.9. The molecule has 1 saturated heterocycles. The predicted octanol–water partition coefficient (Wildman–Crippen LogP) is 3.15. The third-order valence-corrected chi connectivity index (χ3v) is 2.75. The van der Waals surface area contributed by atoms with Crippen LogP contribution in [0.3, 0.4) is 0 Å². The Bertz CT molecular complexity index is 443. The molecule has 19 heavy (non-hydrogen) atoms. The SMILES string of the molecule is CC1(C)OCC(COc2ccc(OC(=O)I)cc2)O1. The van der Waals surface area contributed by atoms with E-state index in [2.05, 4.69) is 0 Å². The molecule has 0 bridgehead atoms. The van der Waals surface area contributed by atoms with Gasteiger partial charge in [-0.3, -0.25) is 0 Å². The lowest BCUT2D eigenvalue weighted by molar-refractivity contribution is -0.141. The van der Waals surface area contributed by atoms with E-state index in [4.69, 9.17) is 18.9 Å². The number of ether oxygens (including phenoxy) is 4. The van der Waals surface area contributed by atoms with Crippen LogP contribution < -0.4 is 9.47 Å². The summed E-state index contributed by atoms with van der Waals surface area (Å²) in [7, 11) is 0. The fourth-order valence-corrected chi connectivity index (χ4v) is 1.99. The quantitative estimate of drug-likeness (QED) is 0.595. The third-order valence-electron chi connectivity index (χ3n) is 2.53. The third kappa shape index (κ3) is 4.63. The number of hydrogen-bond donors (Lipinski definition) is 0. The van der Waals surface area contributed by atoms with Crippen molar-refractivity contribution in [3.05, 3.63) is 24.3 Å². The molecule has 0 saturated carbocycles. The van der Waals surface area contributed by atoms with Gasteiger partial charge in [-0.25, -0.2) is 4.79 Å². The summed E-state index contributed by atoms with van der Waals surface area (Å²) < 4.78 is 21.2. The van der Waals surface area contributed by atoms with Crippen LogP contribution in [0.25, 0.3) is 0 Å². The van der Waals surface area contributed by atoms with Crippen molar-refractivity contribution < 1.29 is 23.7 Å². The van der Waals surface area contributed by atoms with Crippen molar-refractivity contribution in [1.29, 1.82) is 0 Å². The van der Waals surface area contributed by atoms with Crippen molar-refractivity contribution in [2.45, 2.75) is 25.7 Å². The van der Waals surface area contributed by atoms with Gasteiger partial charge >= 0.3 is 3.98 Å². The zero-order valence-electron chi connectivity index (χ0n) is 10.7. The van der Waals surface area contributed by atoms with E-state index in [0.717, 1.165) is 0 Å². The van der Waals surface area contributed by atoms with Gasteiger partial charge in [-0.2, -0.15) is 0 Å². The van der Waals surface area contributed by atoms with Crippen molar-refractivity contribution in [1.82, 2.24) is 0 Å². The van der Waals surface area contributed by atoms with Crippen molar-refractivity contribution in [2.24, 2.45) is 0 Å². The molecule has 0 aromatic heterocycles. The van der Waals surface area contributed by atoms with Gasteiger partial charge < -0.3 is 18.9 Å². The largest absolute Gasteiger partial charge is 0.491 e. The Labute approximate surface area is 125 Å². The molecule has 2 rings (SSSR count). The van der Waals surface area contributed by atoms with E-state index in [1.165, 1.54) is 0 Å². The van der Waals surface area contributed by atoms with Gasteiger partial charge in [0, 0.05) is 0 Å². The van der Waals surface area contributed by atoms with Gasteiger partial charge in [0.25, 0.3) is 0 Å². The molecule has 6 heteroatoms. The van der Waals surface area contributed by atoms with Crippen LogP contribution in [0, 0.1) is 0 Å². The standard InChI is InChI=1S/C13H15IO5/c1-13(2)17-8-11(19-13)7-16-9-3-5-10(6-4-9)18-12(14)15/h3-6,11H,7-8H2,1-2H3. The molecule has 1 aliphatic rings. The normalized spacial score (nSPS) is 21.1. The smallest absolute Gasteiger partial charge is 0.372 e. The number of benzene rings is 1. The maximum atomic E-state index is 10.8. The van der Waals surface area contributed by atoms with E-state index in [0.29, 0.717) is 24.7 Å². The average molecular weight is 378 g/mol. The highest BCUT2D eigenvalue weighted by atomic mass is 127. The van der Waals surface area contributed by atoms with Crippen molar-refractivity contribution >= 4 is 26.6 Å². The van der Waals surface area contributed by atoms with E-state index in [1.54, 1.807) is 46.9 Å². The Morgan fingerprint density at radius 3 is 2.53 bits per heavy atom. The highest BCUT2D eigenvalue weighted by Crippen LogP contribution is 2.24. The molecule has 0 N–H and O–H groups in total. The highest BCUT2D eigenvalue weighted by molar-refractivity contribution is 14.1. The Morgan fingerprint density at radius 1 is 1.37 bits per heavy atom. The topological polar surface area (TPSA) is 54.0 Å². The summed E-state index contributed by atoms with van der Waals surface area (Å²) in [5.41, 5.74) is 0. The van der Waals surface area contributed by atoms with E-state index in [9.17, 15) is 4.79 Å². The first-order chi connectivity index (χ1) is 8.94. The molecule has 0 spiro atoms. The summed E-state index contributed by atoms with van der Waals surface area (Å²) in [6, 6.07) is 6.86. The first-order valence-electron chi connectivity index (χ1n) is 5.86. The minimum atomic E-state index is -0.535. The van der Waals surface area contributed by atoms with Gasteiger partial charge in [0.05, 0.1) is 29.2 Å². The summed E-state index contributed by atoms with van der Waals surface area (Å²) in [5.74, 6) is 0.654. The van der Waals surface area contributed by atoms with Crippen molar-refractivity contribution in [2.75, 3.05) is 13.2 Å². The lowest BCUT2D eigenvalue weighted by Gasteiger charge is -2.17. The number of carbonyl (C=O) groups excluding carboxylic acids is 1. The second-order valence-corrected chi connectivity index (χ2v) is 5.45. The molecule has 1 fully saturated rings. The second-order valence-electron chi connectivity index (χ2n) is 4.57. The zero-order valence-corrected chi connectivity index (χ0v) is 12.9. The molecule has 1 aliphatic heterocycles. The summed E-state index contributed by atoms with van der Waals surface area (Å²) in [6.07, 6.45) is -0.0677. The van der Waals surface area contributed by atoms with E-state index >= 15 is 0 Å². The predicted molar refractivity (Wildman–Crippen MR) is 76.9 cm³/mol. The van der Waals surface area contributed by atoms with Crippen LogP contribution in [-0.4, -0.2) is 29.1 Å². The van der Waals surface area contributed by atoms with Crippen LogP contribution in [0.15, 0.2) is 24.3 Å². The Morgan fingerprint density at radius 2 is 2.00 bits per heavy atom. The van der Waals surface area contributed by atoms with Gasteiger partial charge in [-0.05, 0) is 38.1 Å². The van der Waals surface area contributed by atoms with Crippen LogP contribution >= 0.6 is 22.6 Å². The fraction of sp³-hybridized carbons (Fsp3) is 0.462. The maximum absolute atomic E-state index is 10.8. The van der Waals surface area contributed by atoms with Gasteiger partial charge in [0.2, 0.25) is 0 Å². The van der Waals surface area contributed by atoms with Crippen LogP contribution in [0.2, 0.25) is 0 Å². The van der Waals surface area contributed by atoms with Gasteiger partial charge in [-0.15, -0.1) is 0 Å². The molecule has 5 nitrogen and oxygen atoms in total. The van der Waals surface area contributed by atoms with Crippen molar-refractivity contribution in [3.63, 3.8) is 0 Å². The maximum Gasteiger partial charge on any atom is 0.372 e. The molecule has 104 valence electrons. The summed E-state index contributed by atoms with van der Waals surface area (Å²) in [4.78, 5) is 10.8. The Hall–Kier alpha value is -0.860. The van der Waals surface area contributed by atoms with Crippen LogP contribution in [-0.2, 0) is 9.47 Å². The van der Waals surface area contributed by atoms with Crippen LogP contribution in [0.4, 0.5) is 4.79 Å². The highest BCUT2D eigenvalue weighted by Gasteiger charge is 2.32. The first-order valence-corrected chi connectivity index (χ1v) is 6.94. The Balaban J connectivity index is 1.82. The lowest BCUT2D eigenvalue weighted by atomic mass is 10.3. The Kier molecular flexibility index (Phi) is 4.64. The van der Waals surface area contributed by atoms with Crippen molar-refractivity contribution in [3.8, 4) is 11.5 Å². The average Bonchev–Trinajstić information content (AvgIpc) is 2.67. The van der Waals surface area contributed by atoms with Crippen LogP contribution in [0.1, 0.15) is 13.8 Å². The summed E-state index contributed by atoms with van der Waals surface area (Å²) >= 11 is 1.58.